The van der Waals surface area contributed by atoms with E-state index >= 15 is 0 Å². The van der Waals surface area contributed by atoms with Gasteiger partial charge in [-0.3, -0.25) is 4.90 Å². The lowest BCUT2D eigenvalue weighted by atomic mass is 10.1. The second kappa shape index (κ2) is 5.69. The van der Waals surface area contributed by atoms with Crippen molar-refractivity contribution in [2.75, 3.05) is 26.7 Å². The van der Waals surface area contributed by atoms with Crippen molar-refractivity contribution in [3.05, 3.63) is 47.9 Å². The molecule has 2 heterocycles. The summed E-state index contributed by atoms with van der Waals surface area (Å²) in [5.41, 5.74) is 3.17. The van der Waals surface area contributed by atoms with Crippen molar-refractivity contribution in [1.29, 1.82) is 0 Å². The molecule has 0 amide bonds. The van der Waals surface area contributed by atoms with Crippen LogP contribution in [0.3, 0.4) is 0 Å². The van der Waals surface area contributed by atoms with Crippen molar-refractivity contribution in [3.63, 3.8) is 0 Å². The average molecular weight is 268 g/mol. The minimum Gasteiger partial charge on any atom is -0.313 e. The van der Waals surface area contributed by atoms with E-state index < -0.39 is 0 Å². The van der Waals surface area contributed by atoms with E-state index in [1.165, 1.54) is 0 Å². The maximum Gasteiger partial charge on any atom is 0.147 e. The second-order valence-electron chi connectivity index (χ2n) is 5.32. The molecule has 0 spiro atoms. The van der Waals surface area contributed by atoms with Gasteiger partial charge in [0.2, 0.25) is 0 Å². The zero-order valence-electron chi connectivity index (χ0n) is 12.0. The number of aromatic nitrogens is 2. The summed E-state index contributed by atoms with van der Waals surface area (Å²) in [6.45, 7) is 5.01. The molecule has 0 aliphatic carbocycles. The van der Waals surface area contributed by atoms with Gasteiger partial charge in [0.1, 0.15) is 5.82 Å². The highest BCUT2D eigenvalue weighted by Gasteiger charge is 2.23. The molecular weight excluding hydrogens is 248 g/mol. The minimum atomic E-state index is 0.256. The monoisotopic (exact) mass is 268 g/mol. The van der Waals surface area contributed by atoms with E-state index in [9.17, 15) is 0 Å². The summed E-state index contributed by atoms with van der Waals surface area (Å²) in [4.78, 5) is 11.7. The van der Waals surface area contributed by atoms with Gasteiger partial charge in [0, 0.05) is 30.9 Å². The number of nitrogens with one attached hydrogen (secondary N) is 1. The number of nitrogens with zero attached hydrogens (tertiary/aromatic N) is 3. The number of rotatable bonds is 2. The third-order valence-corrected chi connectivity index (χ3v) is 3.75. The molecule has 1 fully saturated rings. The van der Waals surface area contributed by atoms with Crippen molar-refractivity contribution < 1.29 is 0 Å². The van der Waals surface area contributed by atoms with E-state index in [2.05, 4.69) is 40.4 Å². The second-order valence-corrected chi connectivity index (χ2v) is 5.32. The molecule has 1 N–H and O–H groups in total. The van der Waals surface area contributed by atoms with Gasteiger partial charge in [0.25, 0.3) is 0 Å². The molecule has 1 aromatic heterocycles. The number of piperazine rings is 1. The number of aryl methyl sites for hydroxylation is 1. The Morgan fingerprint density at radius 1 is 1.20 bits per heavy atom. The highest BCUT2D eigenvalue weighted by atomic mass is 15.2. The number of benzene rings is 1. The van der Waals surface area contributed by atoms with E-state index in [1.54, 1.807) is 0 Å². The Labute approximate surface area is 119 Å². The lowest BCUT2D eigenvalue weighted by Crippen LogP contribution is -2.44. The molecule has 1 aliphatic rings. The van der Waals surface area contributed by atoms with Crippen LogP contribution in [0.4, 0.5) is 0 Å². The first-order valence-corrected chi connectivity index (χ1v) is 7.06. The Hall–Kier alpha value is -1.78. The molecule has 3 rings (SSSR count). The van der Waals surface area contributed by atoms with Gasteiger partial charge in [0.05, 0.1) is 11.7 Å². The molecular formula is C16H20N4. The molecule has 1 aromatic carbocycles. The predicted molar refractivity (Wildman–Crippen MR) is 80.4 cm³/mol. The largest absolute Gasteiger partial charge is 0.313 e. The van der Waals surface area contributed by atoms with Crippen molar-refractivity contribution in [2.24, 2.45) is 0 Å². The van der Waals surface area contributed by atoms with E-state index in [0.717, 1.165) is 42.4 Å². The van der Waals surface area contributed by atoms with E-state index in [1.807, 2.05) is 25.1 Å². The summed E-state index contributed by atoms with van der Waals surface area (Å²) in [6.07, 6.45) is 0. The Kier molecular flexibility index (Phi) is 3.76. The standard InChI is InChI=1S/C16H20N4/c1-12-10-14(13-6-4-3-5-7-13)19-16(18-12)15-11-17-8-9-20(15)2/h3-7,10,15,17H,8-9,11H2,1-2H3. The lowest BCUT2D eigenvalue weighted by molar-refractivity contribution is 0.194. The fourth-order valence-electron chi connectivity index (χ4n) is 2.59. The first kappa shape index (κ1) is 13.2. The minimum absolute atomic E-state index is 0.256. The smallest absolute Gasteiger partial charge is 0.147 e. The molecule has 1 atom stereocenters. The van der Waals surface area contributed by atoms with Crippen LogP contribution in [0.5, 0.6) is 0 Å². The van der Waals surface area contributed by atoms with Crippen LogP contribution in [0.2, 0.25) is 0 Å². The molecule has 20 heavy (non-hydrogen) atoms. The van der Waals surface area contributed by atoms with Crippen LogP contribution in [-0.2, 0) is 0 Å². The summed E-state index contributed by atoms with van der Waals surface area (Å²) in [6, 6.07) is 12.6. The molecule has 4 heteroatoms. The van der Waals surface area contributed by atoms with Crippen LogP contribution in [0.1, 0.15) is 17.6 Å². The zero-order chi connectivity index (χ0) is 13.9. The van der Waals surface area contributed by atoms with Crippen LogP contribution in [0.15, 0.2) is 36.4 Å². The maximum absolute atomic E-state index is 4.79. The highest BCUT2D eigenvalue weighted by molar-refractivity contribution is 5.59. The third-order valence-electron chi connectivity index (χ3n) is 3.75. The molecule has 1 aliphatic heterocycles. The molecule has 0 bridgehead atoms. The summed E-state index contributed by atoms with van der Waals surface area (Å²) >= 11 is 0. The quantitative estimate of drug-likeness (QED) is 0.905. The molecule has 1 unspecified atom stereocenters. The van der Waals surface area contributed by atoms with Crippen LogP contribution in [0.25, 0.3) is 11.3 Å². The predicted octanol–water partition coefficient (Wildman–Crippen LogP) is 2.03. The SMILES string of the molecule is Cc1cc(-c2ccccc2)nc(C2CNCCN2C)n1. The summed E-state index contributed by atoms with van der Waals surface area (Å²) in [5, 5.41) is 3.42. The van der Waals surface area contributed by atoms with Gasteiger partial charge in [-0.05, 0) is 20.0 Å². The Bertz CT molecular complexity index is 582. The lowest BCUT2D eigenvalue weighted by Gasteiger charge is -2.32. The van der Waals surface area contributed by atoms with E-state index in [0.29, 0.717) is 0 Å². The van der Waals surface area contributed by atoms with Gasteiger partial charge in [-0.2, -0.15) is 0 Å². The Morgan fingerprint density at radius 3 is 2.75 bits per heavy atom. The van der Waals surface area contributed by atoms with Crippen LogP contribution >= 0.6 is 0 Å². The summed E-state index contributed by atoms with van der Waals surface area (Å²) in [7, 11) is 2.14. The van der Waals surface area contributed by atoms with Crippen LogP contribution < -0.4 is 5.32 Å². The van der Waals surface area contributed by atoms with Gasteiger partial charge in [-0.1, -0.05) is 30.3 Å². The van der Waals surface area contributed by atoms with E-state index in [4.69, 9.17) is 4.98 Å². The highest BCUT2D eigenvalue weighted by Crippen LogP contribution is 2.22. The fraction of sp³-hybridized carbons (Fsp3) is 0.375. The average Bonchev–Trinajstić information content (AvgIpc) is 2.48. The van der Waals surface area contributed by atoms with Gasteiger partial charge in [0.15, 0.2) is 0 Å². The van der Waals surface area contributed by atoms with Gasteiger partial charge >= 0.3 is 0 Å². The molecule has 1 saturated heterocycles. The topological polar surface area (TPSA) is 41.1 Å². The van der Waals surface area contributed by atoms with Gasteiger partial charge < -0.3 is 5.32 Å². The summed E-state index contributed by atoms with van der Waals surface area (Å²) in [5.74, 6) is 0.915. The van der Waals surface area contributed by atoms with Gasteiger partial charge in [-0.15, -0.1) is 0 Å². The van der Waals surface area contributed by atoms with Crippen LogP contribution in [-0.4, -0.2) is 41.5 Å². The summed E-state index contributed by atoms with van der Waals surface area (Å²) < 4.78 is 0. The van der Waals surface area contributed by atoms with Crippen molar-refractivity contribution >= 4 is 0 Å². The molecule has 0 radical (unpaired) electrons. The Morgan fingerprint density at radius 2 is 2.00 bits per heavy atom. The molecule has 104 valence electrons. The molecule has 2 aromatic rings. The maximum atomic E-state index is 4.79. The normalized spacial score (nSPS) is 20.0. The zero-order valence-corrected chi connectivity index (χ0v) is 12.0. The van der Waals surface area contributed by atoms with Crippen molar-refractivity contribution in [1.82, 2.24) is 20.2 Å². The number of likely N-dealkylation sites (N-methyl/N-ethyl adjacent to an activating group) is 1. The van der Waals surface area contributed by atoms with Gasteiger partial charge in [-0.25, -0.2) is 9.97 Å². The van der Waals surface area contributed by atoms with Crippen molar-refractivity contribution in [3.8, 4) is 11.3 Å². The molecule has 4 nitrogen and oxygen atoms in total. The fourth-order valence-corrected chi connectivity index (χ4v) is 2.59. The Balaban J connectivity index is 1.98. The van der Waals surface area contributed by atoms with Crippen molar-refractivity contribution in [2.45, 2.75) is 13.0 Å². The van der Waals surface area contributed by atoms with E-state index in [-0.39, 0.29) is 6.04 Å². The number of hydrogen-bond donors (Lipinski definition) is 1. The first-order chi connectivity index (χ1) is 9.74. The number of hydrogen-bond acceptors (Lipinski definition) is 4. The first-order valence-electron chi connectivity index (χ1n) is 7.06. The third kappa shape index (κ3) is 2.71. The van der Waals surface area contributed by atoms with Crippen LogP contribution in [0, 0.1) is 6.92 Å². The molecule has 0 saturated carbocycles.